The lowest BCUT2D eigenvalue weighted by molar-refractivity contribution is -0.121. The molecule has 0 saturated carbocycles. The van der Waals surface area contributed by atoms with Crippen molar-refractivity contribution < 1.29 is 9.59 Å². The van der Waals surface area contributed by atoms with Crippen LogP contribution < -0.4 is 11.1 Å². The molecule has 2 amide bonds. The van der Waals surface area contributed by atoms with Crippen molar-refractivity contribution in [3.8, 4) is 0 Å². The van der Waals surface area contributed by atoms with Gasteiger partial charge in [-0.25, -0.2) is 0 Å². The second kappa shape index (κ2) is 8.67. The van der Waals surface area contributed by atoms with Crippen LogP contribution in [0.1, 0.15) is 54.9 Å². The van der Waals surface area contributed by atoms with Gasteiger partial charge in [0.2, 0.25) is 5.91 Å². The number of nitrogens with zero attached hydrogens (tertiary/aromatic N) is 1. The molecule has 5 heteroatoms. The molecule has 0 radical (unpaired) electrons. The van der Waals surface area contributed by atoms with Gasteiger partial charge in [-0.15, -0.1) is 0 Å². The number of hydrogen-bond acceptors (Lipinski definition) is 3. The van der Waals surface area contributed by atoms with Gasteiger partial charge in [0.05, 0.1) is 0 Å². The SMILES string of the molecule is CC(N)CCC(=O)NCc1ccc(C(=O)N2CCCCC2)cc1. The summed E-state index contributed by atoms with van der Waals surface area (Å²) in [4.78, 5) is 26.0. The fourth-order valence-electron chi connectivity index (χ4n) is 2.69. The van der Waals surface area contributed by atoms with E-state index in [9.17, 15) is 9.59 Å². The maximum atomic E-state index is 12.4. The van der Waals surface area contributed by atoms with Gasteiger partial charge in [-0.2, -0.15) is 0 Å². The average molecular weight is 317 g/mol. The number of nitrogens with two attached hydrogens (primary N) is 1. The molecule has 23 heavy (non-hydrogen) atoms. The third kappa shape index (κ3) is 5.67. The molecule has 1 saturated heterocycles. The van der Waals surface area contributed by atoms with Gasteiger partial charge in [0.1, 0.15) is 0 Å². The van der Waals surface area contributed by atoms with E-state index >= 15 is 0 Å². The van der Waals surface area contributed by atoms with Crippen molar-refractivity contribution >= 4 is 11.8 Å². The van der Waals surface area contributed by atoms with E-state index in [1.807, 2.05) is 36.1 Å². The molecule has 3 N–H and O–H groups in total. The quantitative estimate of drug-likeness (QED) is 0.843. The standard InChI is InChI=1S/C18H27N3O2/c1-14(19)5-10-17(22)20-13-15-6-8-16(9-7-15)18(23)21-11-3-2-4-12-21/h6-9,14H,2-5,10-13,19H2,1H3,(H,20,22). The van der Waals surface area contributed by atoms with Crippen LogP contribution in [-0.2, 0) is 11.3 Å². The first-order chi connectivity index (χ1) is 11.1. The summed E-state index contributed by atoms with van der Waals surface area (Å²) in [5.74, 6) is 0.119. The number of piperidine rings is 1. The summed E-state index contributed by atoms with van der Waals surface area (Å²) in [6, 6.07) is 7.55. The van der Waals surface area contributed by atoms with Gasteiger partial charge in [0.15, 0.2) is 0 Å². The third-order valence-corrected chi connectivity index (χ3v) is 4.16. The highest BCUT2D eigenvalue weighted by atomic mass is 16.2. The Morgan fingerprint density at radius 3 is 2.43 bits per heavy atom. The number of benzene rings is 1. The minimum Gasteiger partial charge on any atom is -0.352 e. The van der Waals surface area contributed by atoms with Gasteiger partial charge >= 0.3 is 0 Å². The highest BCUT2D eigenvalue weighted by Crippen LogP contribution is 2.14. The van der Waals surface area contributed by atoms with Crippen molar-refractivity contribution in [3.05, 3.63) is 35.4 Å². The van der Waals surface area contributed by atoms with Gasteiger partial charge in [-0.05, 0) is 50.3 Å². The predicted octanol–water partition coefficient (Wildman–Crippen LogP) is 2.06. The molecule has 0 aliphatic carbocycles. The van der Waals surface area contributed by atoms with Crippen LogP contribution in [-0.4, -0.2) is 35.8 Å². The molecule has 5 nitrogen and oxygen atoms in total. The first-order valence-electron chi connectivity index (χ1n) is 8.47. The lowest BCUT2D eigenvalue weighted by atomic mass is 10.1. The van der Waals surface area contributed by atoms with Crippen LogP contribution in [0.25, 0.3) is 0 Å². The van der Waals surface area contributed by atoms with E-state index in [2.05, 4.69) is 5.32 Å². The number of carbonyl (C=O) groups excluding carboxylic acids is 2. The number of amides is 2. The Kier molecular flexibility index (Phi) is 6.59. The van der Waals surface area contributed by atoms with Crippen molar-refractivity contribution in [1.82, 2.24) is 10.2 Å². The molecule has 1 atom stereocenters. The Labute approximate surface area is 138 Å². The summed E-state index contributed by atoms with van der Waals surface area (Å²) >= 11 is 0. The smallest absolute Gasteiger partial charge is 0.253 e. The van der Waals surface area contributed by atoms with Crippen molar-refractivity contribution in [1.29, 1.82) is 0 Å². The van der Waals surface area contributed by atoms with Crippen LogP contribution in [0, 0.1) is 0 Å². The summed E-state index contributed by atoms with van der Waals surface area (Å²) in [6.45, 7) is 4.09. The summed E-state index contributed by atoms with van der Waals surface area (Å²) < 4.78 is 0. The Morgan fingerprint density at radius 2 is 1.83 bits per heavy atom. The van der Waals surface area contributed by atoms with E-state index in [0.717, 1.165) is 37.1 Å². The molecular weight excluding hydrogens is 290 g/mol. The topological polar surface area (TPSA) is 75.4 Å². The molecule has 126 valence electrons. The molecule has 1 unspecified atom stereocenters. The number of nitrogens with one attached hydrogen (secondary N) is 1. The van der Waals surface area contributed by atoms with E-state index in [1.54, 1.807) is 0 Å². The highest BCUT2D eigenvalue weighted by molar-refractivity contribution is 5.94. The molecule has 2 rings (SSSR count). The number of carbonyl (C=O) groups is 2. The fourth-order valence-corrected chi connectivity index (χ4v) is 2.69. The van der Waals surface area contributed by atoms with Crippen LogP contribution in [0.5, 0.6) is 0 Å². The highest BCUT2D eigenvalue weighted by Gasteiger charge is 2.17. The van der Waals surface area contributed by atoms with Crippen molar-refractivity contribution in [2.45, 2.75) is 51.6 Å². The predicted molar refractivity (Wildman–Crippen MR) is 90.9 cm³/mol. The van der Waals surface area contributed by atoms with E-state index in [-0.39, 0.29) is 17.9 Å². The van der Waals surface area contributed by atoms with Crippen LogP contribution in [0.3, 0.4) is 0 Å². The van der Waals surface area contributed by atoms with E-state index in [0.29, 0.717) is 19.4 Å². The van der Waals surface area contributed by atoms with Gasteiger partial charge in [-0.3, -0.25) is 9.59 Å². The minimum atomic E-state index is 0.00997. The maximum Gasteiger partial charge on any atom is 0.253 e. The van der Waals surface area contributed by atoms with E-state index in [1.165, 1.54) is 6.42 Å². The van der Waals surface area contributed by atoms with Gasteiger partial charge in [0, 0.05) is 37.7 Å². The Bertz CT molecular complexity index is 520. The maximum absolute atomic E-state index is 12.4. The van der Waals surface area contributed by atoms with Crippen molar-refractivity contribution in [3.63, 3.8) is 0 Å². The molecule has 1 aliphatic heterocycles. The number of likely N-dealkylation sites (tertiary alicyclic amines) is 1. The van der Waals surface area contributed by atoms with Crippen LogP contribution in [0.4, 0.5) is 0 Å². The van der Waals surface area contributed by atoms with Crippen LogP contribution in [0.15, 0.2) is 24.3 Å². The van der Waals surface area contributed by atoms with Crippen molar-refractivity contribution in [2.75, 3.05) is 13.1 Å². The van der Waals surface area contributed by atoms with E-state index < -0.39 is 0 Å². The zero-order valence-corrected chi connectivity index (χ0v) is 13.9. The Balaban J connectivity index is 1.82. The molecule has 1 aromatic carbocycles. The molecule has 0 aromatic heterocycles. The van der Waals surface area contributed by atoms with Crippen molar-refractivity contribution in [2.24, 2.45) is 5.73 Å². The Hall–Kier alpha value is -1.88. The number of rotatable bonds is 6. The minimum absolute atomic E-state index is 0.00997. The first-order valence-corrected chi connectivity index (χ1v) is 8.47. The third-order valence-electron chi connectivity index (χ3n) is 4.16. The summed E-state index contributed by atoms with van der Waals surface area (Å²) in [7, 11) is 0. The second-order valence-corrected chi connectivity index (χ2v) is 6.34. The average Bonchev–Trinajstić information content (AvgIpc) is 2.58. The number of hydrogen-bond donors (Lipinski definition) is 2. The molecule has 1 aliphatic rings. The largest absolute Gasteiger partial charge is 0.352 e. The Morgan fingerprint density at radius 1 is 1.17 bits per heavy atom. The molecule has 1 heterocycles. The molecule has 0 spiro atoms. The molecule has 1 fully saturated rings. The lowest BCUT2D eigenvalue weighted by Gasteiger charge is -2.26. The van der Waals surface area contributed by atoms with Gasteiger partial charge in [0.25, 0.3) is 5.91 Å². The molecule has 0 bridgehead atoms. The lowest BCUT2D eigenvalue weighted by Crippen LogP contribution is -2.35. The van der Waals surface area contributed by atoms with Gasteiger partial charge in [-0.1, -0.05) is 12.1 Å². The normalized spacial score (nSPS) is 16.0. The van der Waals surface area contributed by atoms with Crippen LogP contribution >= 0.6 is 0 Å². The monoisotopic (exact) mass is 317 g/mol. The van der Waals surface area contributed by atoms with E-state index in [4.69, 9.17) is 5.73 Å². The van der Waals surface area contributed by atoms with Crippen LogP contribution in [0.2, 0.25) is 0 Å². The second-order valence-electron chi connectivity index (χ2n) is 6.34. The zero-order valence-electron chi connectivity index (χ0n) is 13.9. The zero-order chi connectivity index (χ0) is 16.7. The van der Waals surface area contributed by atoms with Gasteiger partial charge < -0.3 is 16.0 Å². The fraction of sp³-hybridized carbons (Fsp3) is 0.556. The first kappa shape index (κ1) is 17.5. The summed E-state index contributed by atoms with van der Waals surface area (Å²) in [5.41, 5.74) is 7.35. The summed E-state index contributed by atoms with van der Waals surface area (Å²) in [5, 5.41) is 2.88. The molecular formula is C18H27N3O2. The summed E-state index contributed by atoms with van der Waals surface area (Å²) in [6.07, 6.45) is 4.54. The molecule has 1 aromatic rings.